The van der Waals surface area contributed by atoms with Crippen molar-refractivity contribution in [1.82, 2.24) is 15.0 Å². The second kappa shape index (κ2) is 4.42. The lowest BCUT2D eigenvalue weighted by molar-refractivity contribution is -0.117. The zero-order valence-electron chi connectivity index (χ0n) is 9.69. The fourth-order valence-corrected chi connectivity index (χ4v) is 1.37. The van der Waals surface area contributed by atoms with Crippen LogP contribution in [0.25, 0.3) is 0 Å². The third kappa shape index (κ3) is 2.55. The monoisotopic (exact) mass is 210 g/mol. The Kier molecular flexibility index (Phi) is 3.44. The lowest BCUT2D eigenvalue weighted by Gasteiger charge is -2.16. The first-order chi connectivity index (χ1) is 6.93. The quantitative estimate of drug-likeness (QED) is 0.800. The standard InChI is InChI=1S/C10H18N4O/c1-6(2)7(3)14-8(4)9(12-13-14)5-10(11)15/h6-7H,5H2,1-4H3,(H2,11,15). The molecular formula is C10H18N4O. The first-order valence-corrected chi connectivity index (χ1v) is 5.12. The van der Waals surface area contributed by atoms with Crippen LogP contribution in [0.1, 0.15) is 38.2 Å². The van der Waals surface area contributed by atoms with E-state index in [1.807, 2.05) is 11.6 Å². The summed E-state index contributed by atoms with van der Waals surface area (Å²) in [5.41, 5.74) is 6.72. The molecule has 0 aliphatic rings. The van der Waals surface area contributed by atoms with Crippen LogP contribution in [0.3, 0.4) is 0 Å². The number of aromatic nitrogens is 3. The highest BCUT2D eigenvalue weighted by Gasteiger charge is 2.17. The molecule has 0 aliphatic heterocycles. The third-order valence-corrected chi connectivity index (χ3v) is 2.72. The molecule has 0 aliphatic carbocycles. The van der Waals surface area contributed by atoms with Crippen LogP contribution in [0.2, 0.25) is 0 Å². The van der Waals surface area contributed by atoms with Gasteiger partial charge in [0.05, 0.1) is 23.9 Å². The molecule has 1 heterocycles. The average molecular weight is 210 g/mol. The molecule has 1 unspecified atom stereocenters. The van der Waals surface area contributed by atoms with Gasteiger partial charge in [0.25, 0.3) is 0 Å². The largest absolute Gasteiger partial charge is 0.369 e. The van der Waals surface area contributed by atoms with Crippen molar-refractivity contribution >= 4 is 5.91 Å². The fraction of sp³-hybridized carbons (Fsp3) is 0.700. The molecule has 1 rings (SSSR count). The molecule has 1 amide bonds. The van der Waals surface area contributed by atoms with E-state index in [2.05, 4.69) is 31.1 Å². The minimum absolute atomic E-state index is 0.163. The summed E-state index contributed by atoms with van der Waals surface area (Å²) in [6.45, 7) is 8.25. The third-order valence-electron chi connectivity index (χ3n) is 2.72. The summed E-state index contributed by atoms with van der Waals surface area (Å²) in [6.07, 6.45) is 0.163. The summed E-state index contributed by atoms with van der Waals surface area (Å²) >= 11 is 0. The molecule has 0 aromatic carbocycles. The molecule has 15 heavy (non-hydrogen) atoms. The molecule has 0 spiro atoms. The van der Waals surface area contributed by atoms with Gasteiger partial charge in [-0.15, -0.1) is 5.10 Å². The number of hydrogen-bond donors (Lipinski definition) is 1. The Hall–Kier alpha value is -1.39. The van der Waals surface area contributed by atoms with Crippen LogP contribution in [0.4, 0.5) is 0 Å². The lowest BCUT2D eigenvalue weighted by Crippen LogP contribution is -2.16. The minimum atomic E-state index is -0.373. The maximum Gasteiger partial charge on any atom is 0.223 e. The molecule has 2 N–H and O–H groups in total. The number of primary amides is 1. The van der Waals surface area contributed by atoms with Gasteiger partial charge in [0.15, 0.2) is 0 Å². The molecule has 0 bridgehead atoms. The molecule has 0 fully saturated rings. The highest BCUT2D eigenvalue weighted by molar-refractivity contribution is 5.76. The van der Waals surface area contributed by atoms with E-state index in [0.717, 1.165) is 5.69 Å². The van der Waals surface area contributed by atoms with Crippen LogP contribution in [0, 0.1) is 12.8 Å². The zero-order valence-corrected chi connectivity index (χ0v) is 9.69. The molecular weight excluding hydrogens is 192 g/mol. The van der Waals surface area contributed by atoms with Crippen LogP contribution in [-0.2, 0) is 11.2 Å². The number of carbonyl (C=O) groups excluding carboxylic acids is 1. The number of nitrogens with two attached hydrogens (primary N) is 1. The van der Waals surface area contributed by atoms with Crippen molar-refractivity contribution in [2.24, 2.45) is 11.7 Å². The smallest absolute Gasteiger partial charge is 0.223 e. The van der Waals surface area contributed by atoms with E-state index in [4.69, 9.17) is 5.73 Å². The molecule has 0 saturated carbocycles. The van der Waals surface area contributed by atoms with Crippen molar-refractivity contribution in [2.75, 3.05) is 0 Å². The lowest BCUT2D eigenvalue weighted by atomic mass is 10.1. The summed E-state index contributed by atoms with van der Waals surface area (Å²) in [5.74, 6) is 0.106. The van der Waals surface area contributed by atoms with Crippen LogP contribution >= 0.6 is 0 Å². The molecule has 0 saturated heterocycles. The van der Waals surface area contributed by atoms with Gasteiger partial charge in [-0.3, -0.25) is 4.79 Å². The SMILES string of the molecule is Cc1c(CC(N)=O)nnn1C(C)C(C)C. The first-order valence-electron chi connectivity index (χ1n) is 5.12. The molecule has 1 aromatic rings. The maximum atomic E-state index is 10.8. The van der Waals surface area contributed by atoms with Crippen molar-refractivity contribution < 1.29 is 4.79 Å². The summed E-state index contributed by atoms with van der Waals surface area (Å²) in [5, 5.41) is 8.02. The summed E-state index contributed by atoms with van der Waals surface area (Å²) in [7, 11) is 0. The van der Waals surface area contributed by atoms with Gasteiger partial charge in [-0.2, -0.15) is 0 Å². The first kappa shape index (κ1) is 11.7. The number of rotatable bonds is 4. The van der Waals surface area contributed by atoms with Crippen LogP contribution in [0.15, 0.2) is 0 Å². The van der Waals surface area contributed by atoms with Gasteiger partial charge in [-0.1, -0.05) is 19.1 Å². The van der Waals surface area contributed by atoms with Crippen LogP contribution in [-0.4, -0.2) is 20.9 Å². The minimum Gasteiger partial charge on any atom is -0.369 e. The zero-order chi connectivity index (χ0) is 11.6. The van der Waals surface area contributed by atoms with Crippen molar-refractivity contribution in [1.29, 1.82) is 0 Å². The Balaban J connectivity index is 2.93. The number of amides is 1. The number of carbonyl (C=O) groups is 1. The molecule has 84 valence electrons. The predicted octanol–water partition coefficient (Wildman–Crippen LogP) is 0.831. The fourth-order valence-electron chi connectivity index (χ4n) is 1.37. The average Bonchev–Trinajstić information content (AvgIpc) is 2.46. The van der Waals surface area contributed by atoms with Crippen molar-refractivity contribution in [3.63, 3.8) is 0 Å². The van der Waals surface area contributed by atoms with E-state index in [0.29, 0.717) is 11.6 Å². The van der Waals surface area contributed by atoms with Gasteiger partial charge in [-0.25, -0.2) is 4.68 Å². The summed E-state index contributed by atoms with van der Waals surface area (Å²) in [6, 6.07) is 0.277. The molecule has 1 aromatic heterocycles. The normalized spacial score (nSPS) is 13.1. The number of nitrogens with zero attached hydrogens (tertiary/aromatic N) is 3. The van der Waals surface area contributed by atoms with E-state index in [-0.39, 0.29) is 18.4 Å². The highest BCUT2D eigenvalue weighted by atomic mass is 16.1. The highest BCUT2D eigenvalue weighted by Crippen LogP contribution is 2.18. The summed E-state index contributed by atoms with van der Waals surface area (Å²) < 4.78 is 1.85. The van der Waals surface area contributed by atoms with Crippen molar-refractivity contribution in [2.45, 2.75) is 40.2 Å². The number of hydrogen-bond acceptors (Lipinski definition) is 3. The molecule has 5 heteroatoms. The second-order valence-electron chi connectivity index (χ2n) is 4.19. The van der Waals surface area contributed by atoms with Gasteiger partial charge >= 0.3 is 0 Å². The van der Waals surface area contributed by atoms with E-state index in [9.17, 15) is 4.79 Å². The van der Waals surface area contributed by atoms with Gasteiger partial charge in [-0.05, 0) is 19.8 Å². The molecule has 1 atom stereocenters. The summed E-state index contributed by atoms with van der Waals surface area (Å²) in [4.78, 5) is 10.8. The van der Waals surface area contributed by atoms with E-state index in [1.54, 1.807) is 0 Å². The second-order valence-corrected chi connectivity index (χ2v) is 4.19. The molecule has 5 nitrogen and oxygen atoms in total. The van der Waals surface area contributed by atoms with Crippen molar-refractivity contribution in [3.8, 4) is 0 Å². The Morgan fingerprint density at radius 3 is 2.53 bits per heavy atom. The Morgan fingerprint density at radius 1 is 1.47 bits per heavy atom. The molecule has 0 radical (unpaired) electrons. The Morgan fingerprint density at radius 2 is 2.07 bits per heavy atom. The topological polar surface area (TPSA) is 73.8 Å². The van der Waals surface area contributed by atoms with Gasteiger partial charge in [0, 0.05) is 0 Å². The van der Waals surface area contributed by atoms with Crippen LogP contribution < -0.4 is 5.73 Å². The Labute approximate surface area is 89.6 Å². The predicted molar refractivity (Wildman–Crippen MR) is 57.2 cm³/mol. The van der Waals surface area contributed by atoms with Crippen LogP contribution in [0.5, 0.6) is 0 Å². The van der Waals surface area contributed by atoms with Gasteiger partial charge in [0.1, 0.15) is 0 Å². The van der Waals surface area contributed by atoms with E-state index < -0.39 is 0 Å². The van der Waals surface area contributed by atoms with Crippen molar-refractivity contribution in [3.05, 3.63) is 11.4 Å². The van der Waals surface area contributed by atoms with Gasteiger partial charge in [0.2, 0.25) is 5.91 Å². The van der Waals surface area contributed by atoms with E-state index >= 15 is 0 Å². The van der Waals surface area contributed by atoms with E-state index in [1.165, 1.54) is 0 Å². The maximum absolute atomic E-state index is 10.8. The Bertz CT molecular complexity index is 356. The van der Waals surface area contributed by atoms with Gasteiger partial charge < -0.3 is 5.73 Å².